The van der Waals surface area contributed by atoms with Crippen LogP contribution in [-0.2, 0) is 21.1 Å². The van der Waals surface area contributed by atoms with Gasteiger partial charge in [0.2, 0.25) is 15.7 Å². The van der Waals surface area contributed by atoms with E-state index in [2.05, 4.69) is 10.3 Å². The van der Waals surface area contributed by atoms with Gasteiger partial charge in [-0.2, -0.15) is 0 Å². The second kappa shape index (κ2) is 7.17. The van der Waals surface area contributed by atoms with Crippen LogP contribution in [-0.4, -0.2) is 31.1 Å². The molecular weight excluding hydrogens is 300 g/mol. The Hall–Kier alpha value is -2.21. The lowest BCUT2D eigenvalue weighted by molar-refractivity contribution is -0.120. The van der Waals surface area contributed by atoms with Crippen LogP contribution in [0.25, 0.3) is 0 Å². The van der Waals surface area contributed by atoms with E-state index in [0.29, 0.717) is 13.0 Å². The molecule has 1 N–H and O–H groups in total. The monoisotopic (exact) mass is 318 g/mol. The van der Waals surface area contributed by atoms with Gasteiger partial charge in [0.25, 0.3) is 0 Å². The molecule has 1 heterocycles. The highest BCUT2D eigenvalue weighted by Crippen LogP contribution is 2.13. The molecular formula is C16H18N2O3S. The van der Waals surface area contributed by atoms with Crippen LogP contribution in [0.2, 0.25) is 0 Å². The van der Waals surface area contributed by atoms with E-state index in [1.165, 1.54) is 19.2 Å². The fourth-order valence-corrected chi connectivity index (χ4v) is 3.16. The van der Waals surface area contributed by atoms with E-state index in [1.807, 2.05) is 30.3 Å². The van der Waals surface area contributed by atoms with E-state index in [1.54, 1.807) is 12.1 Å². The molecule has 0 radical (unpaired) electrons. The van der Waals surface area contributed by atoms with Gasteiger partial charge in [0, 0.05) is 12.7 Å². The summed E-state index contributed by atoms with van der Waals surface area (Å²) in [4.78, 5) is 15.8. The van der Waals surface area contributed by atoms with Crippen LogP contribution in [0.3, 0.4) is 0 Å². The Balaban J connectivity index is 1.95. The number of aromatic nitrogens is 1. The van der Waals surface area contributed by atoms with Crippen molar-refractivity contribution in [3.05, 3.63) is 60.3 Å². The Morgan fingerprint density at radius 1 is 1.14 bits per heavy atom. The highest BCUT2D eigenvalue weighted by atomic mass is 32.2. The molecule has 0 aliphatic rings. The van der Waals surface area contributed by atoms with Crippen LogP contribution in [0.15, 0.2) is 59.8 Å². The largest absolute Gasteiger partial charge is 0.355 e. The number of nitrogens with one attached hydrogen (secondary N) is 1. The zero-order valence-electron chi connectivity index (χ0n) is 12.3. The lowest BCUT2D eigenvalue weighted by Gasteiger charge is -2.12. The Morgan fingerprint density at radius 2 is 1.82 bits per heavy atom. The first kappa shape index (κ1) is 16.2. The summed E-state index contributed by atoms with van der Waals surface area (Å²) in [6, 6.07) is 14.3. The molecule has 1 amide bonds. The van der Waals surface area contributed by atoms with Gasteiger partial charge in [0.15, 0.2) is 5.03 Å². The van der Waals surface area contributed by atoms with Crippen LogP contribution in [0, 0.1) is 0 Å². The summed E-state index contributed by atoms with van der Waals surface area (Å²) in [7, 11) is -3.76. The maximum absolute atomic E-state index is 12.3. The predicted molar refractivity (Wildman–Crippen MR) is 84.0 cm³/mol. The van der Waals surface area contributed by atoms with Crippen molar-refractivity contribution >= 4 is 15.7 Å². The molecule has 0 aliphatic carbocycles. The highest BCUT2D eigenvalue weighted by Gasteiger charge is 2.30. The molecule has 22 heavy (non-hydrogen) atoms. The first-order valence-electron chi connectivity index (χ1n) is 6.98. The van der Waals surface area contributed by atoms with Crippen molar-refractivity contribution in [2.75, 3.05) is 6.54 Å². The van der Waals surface area contributed by atoms with Gasteiger partial charge < -0.3 is 5.32 Å². The van der Waals surface area contributed by atoms with Gasteiger partial charge >= 0.3 is 0 Å². The molecule has 0 bridgehead atoms. The van der Waals surface area contributed by atoms with Crippen molar-refractivity contribution < 1.29 is 13.2 Å². The summed E-state index contributed by atoms with van der Waals surface area (Å²) in [6.45, 7) is 1.77. The second-order valence-corrected chi connectivity index (χ2v) is 7.10. The molecule has 116 valence electrons. The van der Waals surface area contributed by atoms with Gasteiger partial charge in [0.1, 0.15) is 5.25 Å². The third-order valence-electron chi connectivity index (χ3n) is 3.32. The van der Waals surface area contributed by atoms with Gasteiger partial charge in [-0.1, -0.05) is 36.4 Å². The molecule has 2 aromatic rings. The number of nitrogens with zero attached hydrogens (tertiary/aromatic N) is 1. The molecule has 2 rings (SSSR count). The van der Waals surface area contributed by atoms with Crippen LogP contribution < -0.4 is 5.32 Å². The Kier molecular flexibility index (Phi) is 5.27. The third kappa shape index (κ3) is 3.92. The van der Waals surface area contributed by atoms with Crippen LogP contribution in [0.4, 0.5) is 0 Å². The van der Waals surface area contributed by atoms with E-state index in [4.69, 9.17) is 0 Å². The number of carbonyl (C=O) groups is 1. The number of hydrogen-bond acceptors (Lipinski definition) is 4. The van der Waals surface area contributed by atoms with Crippen molar-refractivity contribution in [3.8, 4) is 0 Å². The zero-order chi connectivity index (χ0) is 16.0. The van der Waals surface area contributed by atoms with E-state index in [0.717, 1.165) is 5.56 Å². The fraction of sp³-hybridized carbons (Fsp3) is 0.250. The van der Waals surface area contributed by atoms with Crippen molar-refractivity contribution in [1.82, 2.24) is 10.3 Å². The zero-order valence-corrected chi connectivity index (χ0v) is 13.1. The molecule has 0 saturated carbocycles. The van der Waals surface area contributed by atoms with Crippen LogP contribution >= 0.6 is 0 Å². The number of benzene rings is 1. The average molecular weight is 318 g/mol. The van der Waals surface area contributed by atoms with Gasteiger partial charge in [-0.05, 0) is 31.0 Å². The number of hydrogen-bond donors (Lipinski definition) is 1. The normalized spacial score (nSPS) is 12.6. The SMILES string of the molecule is CC(C(=O)NCCc1ccccc1)S(=O)(=O)c1ccccn1. The van der Waals surface area contributed by atoms with Crippen molar-refractivity contribution in [1.29, 1.82) is 0 Å². The Morgan fingerprint density at radius 3 is 2.45 bits per heavy atom. The van der Waals surface area contributed by atoms with Gasteiger partial charge in [-0.15, -0.1) is 0 Å². The summed E-state index contributed by atoms with van der Waals surface area (Å²) in [5.41, 5.74) is 1.09. The maximum atomic E-state index is 12.3. The number of rotatable bonds is 6. The topological polar surface area (TPSA) is 76.1 Å². The third-order valence-corrected chi connectivity index (χ3v) is 5.29. The van der Waals surface area contributed by atoms with Crippen molar-refractivity contribution in [3.63, 3.8) is 0 Å². The van der Waals surface area contributed by atoms with Crippen molar-refractivity contribution in [2.24, 2.45) is 0 Å². The molecule has 0 spiro atoms. The van der Waals surface area contributed by atoms with Gasteiger partial charge in [-0.3, -0.25) is 4.79 Å². The summed E-state index contributed by atoms with van der Waals surface area (Å²) < 4.78 is 24.6. The highest BCUT2D eigenvalue weighted by molar-refractivity contribution is 7.92. The summed E-state index contributed by atoms with van der Waals surface area (Å²) >= 11 is 0. The quantitative estimate of drug-likeness (QED) is 0.878. The minimum atomic E-state index is -3.76. The summed E-state index contributed by atoms with van der Waals surface area (Å²) in [5, 5.41) is 1.41. The molecule has 5 nitrogen and oxygen atoms in total. The fourth-order valence-electron chi connectivity index (χ4n) is 1.96. The Labute approximate surface area is 130 Å². The smallest absolute Gasteiger partial charge is 0.238 e. The lowest BCUT2D eigenvalue weighted by Crippen LogP contribution is -2.39. The predicted octanol–water partition coefficient (Wildman–Crippen LogP) is 1.60. The molecule has 1 aromatic carbocycles. The minimum absolute atomic E-state index is 0.0827. The maximum Gasteiger partial charge on any atom is 0.238 e. The van der Waals surface area contributed by atoms with E-state index in [9.17, 15) is 13.2 Å². The number of sulfone groups is 1. The van der Waals surface area contributed by atoms with Gasteiger partial charge in [-0.25, -0.2) is 13.4 Å². The van der Waals surface area contributed by atoms with Crippen molar-refractivity contribution in [2.45, 2.75) is 23.6 Å². The number of amides is 1. The molecule has 0 aliphatic heterocycles. The molecule has 1 unspecified atom stereocenters. The molecule has 0 saturated heterocycles. The summed E-state index contributed by atoms with van der Waals surface area (Å²) in [6.07, 6.45) is 2.05. The number of carbonyl (C=O) groups excluding carboxylic acids is 1. The van der Waals surface area contributed by atoms with E-state index < -0.39 is 21.0 Å². The van der Waals surface area contributed by atoms with Crippen LogP contribution in [0.1, 0.15) is 12.5 Å². The van der Waals surface area contributed by atoms with Gasteiger partial charge in [0.05, 0.1) is 0 Å². The van der Waals surface area contributed by atoms with E-state index in [-0.39, 0.29) is 5.03 Å². The first-order chi connectivity index (χ1) is 10.5. The van der Waals surface area contributed by atoms with E-state index >= 15 is 0 Å². The molecule has 1 aromatic heterocycles. The standard InChI is InChI=1S/C16H18N2O3S/c1-13(22(20,21)15-9-5-6-11-17-15)16(19)18-12-10-14-7-3-2-4-8-14/h2-9,11,13H,10,12H2,1H3,(H,18,19). The molecule has 1 atom stereocenters. The summed E-state index contributed by atoms with van der Waals surface area (Å²) in [5.74, 6) is -0.512. The molecule has 6 heteroatoms. The van der Waals surface area contributed by atoms with Crippen LogP contribution in [0.5, 0.6) is 0 Å². The Bertz CT molecular complexity index is 716. The average Bonchev–Trinajstić information content (AvgIpc) is 2.55. The lowest BCUT2D eigenvalue weighted by atomic mass is 10.1. The minimum Gasteiger partial charge on any atom is -0.355 e. The number of pyridine rings is 1. The molecule has 0 fully saturated rings. The second-order valence-electron chi connectivity index (χ2n) is 4.88. The first-order valence-corrected chi connectivity index (χ1v) is 8.53.